The number of rotatable bonds is 5. The smallest absolute Gasteiger partial charge is 0.358 e. The molecule has 0 bridgehead atoms. The predicted octanol–water partition coefficient (Wildman–Crippen LogP) is 2.35. The highest BCUT2D eigenvalue weighted by Gasteiger charge is 2.17. The van der Waals surface area contributed by atoms with Crippen LogP contribution in [0.5, 0.6) is 0 Å². The fourth-order valence-corrected chi connectivity index (χ4v) is 2.21. The minimum absolute atomic E-state index is 0.0907. The molecule has 2 rings (SSSR count). The number of carbonyl (C=O) groups is 1. The molecule has 9 heteroatoms. The summed E-state index contributed by atoms with van der Waals surface area (Å²) in [6.07, 6.45) is 1.35. The van der Waals surface area contributed by atoms with E-state index in [1.807, 2.05) is 0 Å². The Kier molecular flexibility index (Phi) is 4.86. The molecular formula is C13H12BrFN4O3. The van der Waals surface area contributed by atoms with E-state index < -0.39 is 10.7 Å². The van der Waals surface area contributed by atoms with Gasteiger partial charge in [-0.15, -0.1) is 0 Å². The van der Waals surface area contributed by atoms with Crippen molar-refractivity contribution in [2.45, 2.75) is 13.1 Å². The highest BCUT2D eigenvalue weighted by Crippen LogP contribution is 2.17. The summed E-state index contributed by atoms with van der Waals surface area (Å²) in [6.45, 7) is -0.0621. The zero-order valence-electron chi connectivity index (χ0n) is 11.6. The van der Waals surface area contributed by atoms with Crippen molar-refractivity contribution in [1.29, 1.82) is 0 Å². The van der Waals surface area contributed by atoms with Crippen molar-refractivity contribution < 1.29 is 14.1 Å². The number of hydrogen-bond acceptors (Lipinski definition) is 4. The molecule has 0 N–H and O–H groups in total. The number of amides is 1. The Morgan fingerprint density at radius 3 is 2.86 bits per heavy atom. The van der Waals surface area contributed by atoms with Gasteiger partial charge in [-0.2, -0.15) is 4.68 Å². The van der Waals surface area contributed by atoms with E-state index in [0.29, 0.717) is 10.0 Å². The lowest BCUT2D eigenvalue weighted by Gasteiger charge is -2.17. The number of likely N-dealkylation sites (N-methyl/N-ethyl adjacent to an activating group) is 1. The van der Waals surface area contributed by atoms with E-state index in [4.69, 9.17) is 0 Å². The summed E-state index contributed by atoms with van der Waals surface area (Å²) in [6, 6.07) is 5.69. The third-order valence-corrected chi connectivity index (χ3v) is 3.45. The van der Waals surface area contributed by atoms with Crippen LogP contribution in [-0.4, -0.2) is 32.6 Å². The monoisotopic (exact) mass is 370 g/mol. The first-order valence-corrected chi connectivity index (χ1v) is 7.02. The van der Waals surface area contributed by atoms with Crippen LogP contribution in [0.15, 0.2) is 34.9 Å². The molecule has 0 aliphatic heterocycles. The van der Waals surface area contributed by atoms with Crippen molar-refractivity contribution >= 4 is 27.7 Å². The average molecular weight is 371 g/mol. The first-order valence-electron chi connectivity index (χ1n) is 6.22. The summed E-state index contributed by atoms with van der Waals surface area (Å²) in [4.78, 5) is 23.3. The highest BCUT2D eigenvalue weighted by atomic mass is 79.9. The normalized spacial score (nSPS) is 10.5. The SMILES string of the molecule is CN(Cc1cc(Br)ccc1F)C(=O)Cn1ccc([N+](=O)[O-])n1. The van der Waals surface area contributed by atoms with Gasteiger partial charge in [0.25, 0.3) is 0 Å². The average Bonchev–Trinajstić information content (AvgIpc) is 2.91. The first-order chi connectivity index (χ1) is 10.4. The van der Waals surface area contributed by atoms with Gasteiger partial charge in [-0.1, -0.05) is 15.9 Å². The second-order valence-corrected chi connectivity index (χ2v) is 5.53. The van der Waals surface area contributed by atoms with Crippen molar-refractivity contribution in [1.82, 2.24) is 14.7 Å². The predicted molar refractivity (Wildman–Crippen MR) is 79.5 cm³/mol. The van der Waals surface area contributed by atoms with Crippen LogP contribution in [0.4, 0.5) is 10.2 Å². The summed E-state index contributed by atoms with van der Waals surface area (Å²) < 4.78 is 15.6. The van der Waals surface area contributed by atoms with Gasteiger partial charge in [-0.25, -0.2) is 4.39 Å². The van der Waals surface area contributed by atoms with Crippen molar-refractivity contribution in [2.24, 2.45) is 0 Å². The third kappa shape index (κ3) is 3.88. The van der Waals surface area contributed by atoms with Crippen LogP contribution in [0.3, 0.4) is 0 Å². The molecule has 0 unspecified atom stereocenters. The molecule has 116 valence electrons. The van der Waals surface area contributed by atoms with Gasteiger partial charge in [0.15, 0.2) is 0 Å². The van der Waals surface area contributed by atoms with Gasteiger partial charge in [0, 0.05) is 23.6 Å². The summed E-state index contributed by atoms with van der Waals surface area (Å²) in [5.74, 6) is -1.07. The van der Waals surface area contributed by atoms with E-state index in [-0.39, 0.29) is 24.8 Å². The number of aromatic nitrogens is 2. The molecule has 2 aromatic rings. The quantitative estimate of drug-likeness (QED) is 0.597. The standard InChI is InChI=1S/C13H12BrFN4O3/c1-17(7-9-6-10(14)2-3-11(9)15)13(20)8-18-5-4-12(16-18)19(21)22/h2-6H,7-8H2,1H3. The molecule has 0 radical (unpaired) electrons. The molecule has 0 aliphatic rings. The van der Waals surface area contributed by atoms with Gasteiger partial charge < -0.3 is 15.0 Å². The molecule has 0 spiro atoms. The van der Waals surface area contributed by atoms with Crippen LogP contribution in [-0.2, 0) is 17.9 Å². The summed E-state index contributed by atoms with van der Waals surface area (Å²) in [7, 11) is 1.53. The van der Waals surface area contributed by atoms with Crippen LogP contribution in [0.25, 0.3) is 0 Å². The van der Waals surface area contributed by atoms with Crippen LogP contribution in [0, 0.1) is 15.9 Å². The van der Waals surface area contributed by atoms with E-state index in [0.717, 1.165) is 0 Å². The lowest BCUT2D eigenvalue weighted by molar-refractivity contribution is -0.389. The Morgan fingerprint density at radius 1 is 1.50 bits per heavy atom. The number of carbonyl (C=O) groups excluding carboxylic acids is 1. The van der Waals surface area contributed by atoms with Gasteiger partial charge in [0.2, 0.25) is 5.91 Å². The van der Waals surface area contributed by atoms with E-state index in [2.05, 4.69) is 21.0 Å². The maximum atomic E-state index is 13.7. The lowest BCUT2D eigenvalue weighted by Crippen LogP contribution is -2.30. The van der Waals surface area contributed by atoms with Crippen LogP contribution < -0.4 is 0 Å². The maximum Gasteiger partial charge on any atom is 0.389 e. The molecule has 0 fully saturated rings. The van der Waals surface area contributed by atoms with E-state index in [1.165, 1.54) is 35.0 Å². The zero-order valence-corrected chi connectivity index (χ0v) is 13.2. The highest BCUT2D eigenvalue weighted by molar-refractivity contribution is 9.10. The van der Waals surface area contributed by atoms with Crippen LogP contribution in [0.2, 0.25) is 0 Å². The first kappa shape index (κ1) is 16.1. The minimum Gasteiger partial charge on any atom is -0.358 e. The summed E-state index contributed by atoms with van der Waals surface area (Å²) >= 11 is 3.25. The number of nitro groups is 1. The molecule has 22 heavy (non-hydrogen) atoms. The molecule has 7 nitrogen and oxygen atoms in total. The second kappa shape index (κ2) is 6.65. The van der Waals surface area contributed by atoms with Gasteiger partial charge in [0.05, 0.1) is 17.4 Å². The van der Waals surface area contributed by atoms with Gasteiger partial charge >= 0.3 is 5.82 Å². The zero-order chi connectivity index (χ0) is 16.3. The molecule has 1 heterocycles. The summed E-state index contributed by atoms with van der Waals surface area (Å²) in [5, 5.41) is 14.2. The molecule has 0 atom stereocenters. The molecule has 1 amide bonds. The fourth-order valence-electron chi connectivity index (χ4n) is 1.80. The van der Waals surface area contributed by atoms with E-state index >= 15 is 0 Å². The van der Waals surface area contributed by atoms with Crippen molar-refractivity contribution in [3.8, 4) is 0 Å². The second-order valence-electron chi connectivity index (χ2n) is 4.61. The van der Waals surface area contributed by atoms with Gasteiger partial charge in [-0.05, 0) is 23.1 Å². The number of nitrogens with zero attached hydrogens (tertiary/aromatic N) is 4. The van der Waals surface area contributed by atoms with Crippen LogP contribution >= 0.6 is 15.9 Å². The molecule has 0 aliphatic carbocycles. The Hall–Kier alpha value is -2.29. The van der Waals surface area contributed by atoms with E-state index in [9.17, 15) is 19.3 Å². The maximum absolute atomic E-state index is 13.7. The van der Waals surface area contributed by atoms with Gasteiger partial charge in [-0.3, -0.25) is 4.79 Å². The summed E-state index contributed by atoms with van der Waals surface area (Å²) in [5.41, 5.74) is 0.372. The van der Waals surface area contributed by atoms with Crippen molar-refractivity contribution in [3.05, 3.63) is 56.4 Å². The molecular weight excluding hydrogens is 359 g/mol. The Balaban J connectivity index is 2.02. The Morgan fingerprint density at radius 2 is 2.23 bits per heavy atom. The van der Waals surface area contributed by atoms with Crippen molar-refractivity contribution in [3.63, 3.8) is 0 Å². The van der Waals surface area contributed by atoms with Crippen molar-refractivity contribution in [2.75, 3.05) is 7.05 Å². The molecule has 0 saturated heterocycles. The molecule has 0 saturated carbocycles. The minimum atomic E-state index is -0.637. The van der Waals surface area contributed by atoms with Crippen LogP contribution in [0.1, 0.15) is 5.56 Å². The van der Waals surface area contributed by atoms with E-state index in [1.54, 1.807) is 12.1 Å². The number of halogens is 2. The van der Waals surface area contributed by atoms with Gasteiger partial charge in [0.1, 0.15) is 12.4 Å². The topological polar surface area (TPSA) is 81.3 Å². The molecule has 1 aromatic heterocycles. The third-order valence-electron chi connectivity index (χ3n) is 2.95. The Labute approximate surface area is 133 Å². The number of benzene rings is 1. The largest absolute Gasteiger partial charge is 0.389 e. The number of hydrogen-bond donors (Lipinski definition) is 0. The lowest BCUT2D eigenvalue weighted by atomic mass is 10.2. The Bertz CT molecular complexity index is 719. The fraction of sp³-hybridized carbons (Fsp3) is 0.231. The molecule has 1 aromatic carbocycles.